The van der Waals surface area contributed by atoms with Crippen molar-refractivity contribution in [2.75, 3.05) is 30.5 Å². The van der Waals surface area contributed by atoms with Crippen LogP contribution in [0.15, 0.2) is 69.6 Å². The van der Waals surface area contributed by atoms with Crippen molar-refractivity contribution in [3.05, 3.63) is 81.2 Å². The second-order valence-corrected chi connectivity index (χ2v) is 10.6. The molecule has 0 unspecified atom stereocenters. The molecule has 234 valence electrons. The van der Waals surface area contributed by atoms with E-state index in [2.05, 4.69) is 42.5 Å². The van der Waals surface area contributed by atoms with E-state index in [1.54, 1.807) is 59.5 Å². The Hall–Kier alpha value is -5.34. The first kappa shape index (κ1) is 32.6. The predicted molar refractivity (Wildman–Crippen MR) is 173 cm³/mol. The average Bonchev–Trinajstić information content (AvgIpc) is 3.00. The molecular formula is C30H32ClN9O5. The lowest BCUT2D eigenvalue weighted by Crippen LogP contribution is -2.50. The number of amides is 3. The summed E-state index contributed by atoms with van der Waals surface area (Å²) in [6.07, 6.45) is 3.99. The van der Waals surface area contributed by atoms with Gasteiger partial charge in [0.15, 0.2) is 0 Å². The molecule has 1 saturated heterocycles. The molecule has 4 rings (SSSR count). The number of carbonyl (C=O) groups is 3. The van der Waals surface area contributed by atoms with Crippen molar-refractivity contribution in [1.29, 1.82) is 0 Å². The zero-order valence-corrected chi connectivity index (χ0v) is 25.3. The molecular weight excluding hydrogens is 602 g/mol. The highest BCUT2D eigenvalue weighted by Crippen LogP contribution is 2.29. The third-order valence-corrected chi connectivity index (χ3v) is 7.27. The van der Waals surface area contributed by atoms with Crippen LogP contribution in [0.2, 0.25) is 5.02 Å². The molecule has 0 saturated carbocycles. The molecule has 1 atom stereocenters. The second kappa shape index (κ2) is 14.9. The maximum Gasteiger partial charge on any atom is 0.411 e. The number of H-pyrrole nitrogens is 1. The quantitative estimate of drug-likeness (QED) is 0.0813. The Bertz CT molecular complexity index is 1680. The predicted octanol–water partition coefficient (Wildman–Crippen LogP) is 3.33. The van der Waals surface area contributed by atoms with Crippen molar-refractivity contribution in [3.8, 4) is 11.1 Å². The van der Waals surface area contributed by atoms with Crippen molar-refractivity contribution >= 4 is 60.0 Å². The van der Waals surface area contributed by atoms with Crippen LogP contribution in [-0.4, -0.2) is 66.3 Å². The first-order valence-corrected chi connectivity index (χ1v) is 14.1. The summed E-state index contributed by atoms with van der Waals surface area (Å²) in [7, 11) is 1.26. The van der Waals surface area contributed by atoms with Crippen LogP contribution in [0.1, 0.15) is 30.6 Å². The van der Waals surface area contributed by atoms with Crippen LogP contribution in [0.3, 0.4) is 0 Å². The highest BCUT2D eigenvalue weighted by molar-refractivity contribution is 6.30. The molecule has 1 aromatic heterocycles. The number of nitrogens with two attached hydrogens (primary N) is 1. The van der Waals surface area contributed by atoms with E-state index in [1.165, 1.54) is 31.5 Å². The number of methoxy groups -OCH3 is 1. The van der Waals surface area contributed by atoms with Gasteiger partial charge in [0.1, 0.15) is 6.34 Å². The molecule has 1 aliphatic rings. The largest absolute Gasteiger partial charge is 0.453 e. The summed E-state index contributed by atoms with van der Waals surface area (Å²) in [4.78, 5) is 51.0. The summed E-state index contributed by atoms with van der Waals surface area (Å²) in [5.41, 5.74) is 2.41. The summed E-state index contributed by atoms with van der Waals surface area (Å²) < 4.78 is 4.61. The van der Waals surface area contributed by atoms with Crippen LogP contribution in [-0.2, 0) is 14.3 Å². The Morgan fingerprint density at radius 2 is 1.98 bits per heavy atom. The molecule has 15 heteroatoms. The van der Waals surface area contributed by atoms with Crippen molar-refractivity contribution in [3.63, 3.8) is 0 Å². The second-order valence-electron chi connectivity index (χ2n) is 10.1. The van der Waals surface area contributed by atoms with E-state index in [4.69, 9.17) is 17.4 Å². The fourth-order valence-corrected chi connectivity index (χ4v) is 4.89. The van der Waals surface area contributed by atoms with Crippen LogP contribution < -0.4 is 27.0 Å². The maximum atomic E-state index is 13.2. The number of anilines is 2. The minimum Gasteiger partial charge on any atom is -0.453 e. The van der Waals surface area contributed by atoms with Crippen molar-refractivity contribution < 1.29 is 19.1 Å². The highest BCUT2D eigenvalue weighted by Gasteiger charge is 2.32. The first-order chi connectivity index (χ1) is 21.6. The van der Waals surface area contributed by atoms with Gasteiger partial charge in [0.05, 0.1) is 30.1 Å². The van der Waals surface area contributed by atoms with Gasteiger partial charge in [0, 0.05) is 49.1 Å². The van der Waals surface area contributed by atoms with Crippen LogP contribution in [0, 0.1) is 5.92 Å². The fraction of sp³-hybridized carbons (Fsp3) is 0.233. The zero-order valence-electron chi connectivity index (χ0n) is 24.6. The molecule has 5 N–H and O–H groups in total. The number of likely N-dealkylation sites (tertiary alicyclic amines) is 1. The third-order valence-electron chi connectivity index (χ3n) is 7.04. The molecule has 3 amide bonds. The molecule has 2 heterocycles. The van der Waals surface area contributed by atoms with Gasteiger partial charge >= 0.3 is 6.09 Å². The summed E-state index contributed by atoms with van der Waals surface area (Å²) >= 11 is 6.19. The Balaban J connectivity index is 1.59. The zero-order chi connectivity index (χ0) is 32.5. The van der Waals surface area contributed by atoms with E-state index in [0.29, 0.717) is 58.3 Å². The van der Waals surface area contributed by atoms with E-state index < -0.39 is 23.6 Å². The number of hydrogen-bond acceptors (Lipinski definition) is 9. The van der Waals surface area contributed by atoms with Gasteiger partial charge in [0.2, 0.25) is 11.8 Å². The number of aromatic nitrogens is 2. The smallest absolute Gasteiger partial charge is 0.411 e. The van der Waals surface area contributed by atoms with Gasteiger partial charge in [-0.25, -0.2) is 15.7 Å². The number of halogens is 1. The molecule has 1 fully saturated rings. The van der Waals surface area contributed by atoms with Gasteiger partial charge in [-0.3, -0.25) is 24.7 Å². The summed E-state index contributed by atoms with van der Waals surface area (Å²) in [6, 6.07) is 12.6. The molecule has 0 spiro atoms. The van der Waals surface area contributed by atoms with Crippen LogP contribution in [0.4, 0.5) is 16.2 Å². The highest BCUT2D eigenvalue weighted by atomic mass is 35.5. The molecule has 0 bridgehead atoms. The van der Waals surface area contributed by atoms with Crippen molar-refractivity contribution in [2.45, 2.75) is 19.4 Å². The Morgan fingerprint density at radius 3 is 2.64 bits per heavy atom. The number of carbonyl (C=O) groups excluding carboxylic acids is 3. The number of hydrogen-bond donors (Lipinski definition) is 4. The van der Waals surface area contributed by atoms with Crippen molar-refractivity contribution in [2.24, 2.45) is 22.0 Å². The number of aromatic amines is 1. The van der Waals surface area contributed by atoms with Gasteiger partial charge in [-0.15, -0.1) is 5.10 Å². The lowest BCUT2D eigenvalue weighted by molar-refractivity contribution is -0.135. The van der Waals surface area contributed by atoms with Gasteiger partial charge in [0.25, 0.3) is 5.56 Å². The maximum absolute atomic E-state index is 13.2. The molecule has 1 aliphatic heterocycles. The lowest BCUT2D eigenvalue weighted by atomic mass is 9.90. The van der Waals surface area contributed by atoms with Crippen LogP contribution >= 0.6 is 11.6 Å². The molecule has 3 aromatic rings. The Kier molecular flexibility index (Phi) is 10.8. The average molecular weight is 634 g/mol. The number of benzene rings is 2. The van der Waals surface area contributed by atoms with E-state index in [9.17, 15) is 19.2 Å². The minimum absolute atomic E-state index is 0.0236. The summed E-state index contributed by atoms with van der Waals surface area (Å²) in [5.74, 6) is 5.69. The monoisotopic (exact) mass is 633 g/mol. The van der Waals surface area contributed by atoms with Gasteiger partial charge in [-0.05, 0) is 60.4 Å². The number of nitrogens with zero attached hydrogens (tertiary/aromatic N) is 5. The van der Waals surface area contributed by atoms with Crippen LogP contribution in [0.5, 0.6) is 0 Å². The Morgan fingerprint density at radius 1 is 1.24 bits per heavy atom. The first-order valence-electron chi connectivity index (χ1n) is 13.7. The minimum atomic E-state index is -0.621. The molecule has 0 radical (unpaired) electrons. The lowest BCUT2D eigenvalue weighted by Gasteiger charge is -2.40. The van der Waals surface area contributed by atoms with E-state index in [1.807, 2.05) is 0 Å². The third kappa shape index (κ3) is 8.61. The van der Waals surface area contributed by atoms with Crippen LogP contribution in [0.25, 0.3) is 17.2 Å². The van der Waals surface area contributed by atoms with Gasteiger partial charge in [-0.1, -0.05) is 23.7 Å². The van der Waals surface area contributed by atoms with E-state index in [-0.39, 0.29) is 11.8 Å². The normalized spacial score (nSPS) is 13.7. The molecule has 45 heavy (non-hydrogen) atoms. The number of nitrogens with one attached hydrogen (secondary N) is 3. The summed E-state index contributed by atoms with van der Waals surface area (Å²) in [5, 5.41) is 21.0. The van der Waals surface area contributed by atoms with Crippen molar-refractivity contribution in [1.82, 2.24) is 20.4 Å². The SMILES string of the molecule is C=N/N=C\N(N)c1ccc(Cl)cc1/C=C/C(=O)N[C@@H](CC1CN(C(C)=O)C1)c1cc(-c2ccc(NC(=O)OC)cc2)c(=O)[nH]n1. The van der Waals surface area contributed by atoms with Gasteiger partial charge in [-0.2, -0.15) is 10.2 Å². The summed E-state index contributed by atoms with van der Waals surface area (Å²) in [6.45, 7) is 5.88. The molecule has 2 aromatic carbocycles. The fourth-order valence-electron chi connectivity index (χ4n) is 4.71. The Labute approximate surface area is 263 Å². The van der Waals surface area contributed by atoms with E-state index >= 15 is 0 Å². The van der Waals surface area contributed by atoms with E-state index in [0.717, 1.165) is 0 Å². The number of rotatable bonds is 11. The standard InChI is InChI=1S/C30H32ClN9O5/c1-18(41)39-15-19(16-39)12-25(36-28(42)11-6-21-13-22(31)7-10-27(21)40(32)17-34-33-2)26-14-24(29(43)38-37-26)20-4-8-23(9-5-20)35-30(44)45-3/h4-11,13-14,17,19,25H,2,12,15-16,32H2,1,3H3,(H,35,44)(H,36,42)(H,38,43)/b11-6+,34-17-/t25-/m0/s1. The number of hydrazine groups is 1. The number of ether oxygens (including phenoxy) is 1. The topological polar surface area (TPSA) is 187 Å². The van der Waals surface area contributed by atoms with Gasteiger partial charge < -0.3 is 15.0 Å². The molecule has 14 nitrogen and oxygen atoms in total. The molecule has 0 aliphatic carbocycles.